The number of thiol groups is 1. The molecule has 0 aliphatic carbocycles. The molecule has 2 rings (SSSR count). The van der Waals surface area contributed by atoms with Gasteiger partial charge in [-0.3, -0.25) is 4.79 Å². The summed E-state index contributed by atoms with van der Waals surface area (Å²) in [6.07, 6.45) is 0.316. The van der Waals surface area contributed by atoms with Gasteiger partial charge in [0.15, 0.2) is 0 Å². The third kappa shape index (κ3) is 2.74. The largest absolute Gasteiger partial charge is 0.480 e. The van der Waals surface area contributed by atoms with Gasteiger partial charge in [0.2, 0.25) is 5.91 Å². The number of amides is 1. The lowest BCUT2D eigenvalue weighted by molar-refractivity contribution is -0.151. The molecule has 0 bridgehead atoms. The summed E-state index contributed by atoms with van der Waals surface area (Å²) in [4.78, 5) is 24.8. The summed E-state index contributed by atoms with van der Waals surface area (Å²) in [6.45, 7) is 0.285. The van der Waals surface area contributed by atoms with E-state index in [0.29, 0.717) is 6.42 Å². The van der Waals surface area contributed by atoms with Crippen molar-refractivity contribution in [3.8, 4) is 0 Å². The Bertz CT molecular complexity index is 506. The van der Waals surface area contributed by atoms with E-state index in [1.54, 1.807) is 0 Å². The Morgan fingerprint density at radius 3 is 2.63 bits per heavy atom. The molecule has 2 atom stereocenters. The third-order valence-corrected chi connectivity index (χ3v) is 3.72. The molecule has 19 heavy (non-hydrogen) atoms. The van der Waals surface area contributed by atoms with Gasteiger partial charge in [0, 0.05) is 18.7 Å². The van der Waals surface area contributed by atoms with Gasteiger partial charge in [-0.25, -0.2) is 4.79 Å². The Hall–Kier alpha value is -1.53. The van der Waals surface area contributed by atoms with Crippen LogP contribution in [0.4, 0.5) is 0 Å². The lowest BCUT2D eigenvalue weighted by Gasteiger charge is -2.35. The standard InChI is InChI=1S/C13H16N2O3S/c14-10(7-19)12(16)15-6-9-4-2-1-3-8(9)5-11(15)13(17)18/h1-4,10-11,19H,5-7,14H2,(H,17,18)/t10-,11?/m0/s1. The van der Waals surface area contributed by atoms with Gasteiger partial charge in [0.25, 0.3) is 0 Å². The number of carbonyl (C=O) groups excluding carboxylic acids is 1. The number of benzene rings is 1. The highest BCUT2D eigenvalue weighted by Gasteiger charge is 2.35. The molecule has 1 aliphatic rings. The highest BCUT2D eigenvalue weighted by Crippen LogP contribution is 2.24. The number of fused-ring (bicyclic) bond motifs is 1. The van der Waals surface area contributed by atoms with Crippen molar-refractivity contribution in [3.05, 3.63) is 35.4 Å². The molecule has 0 aromatic heterocycles. The predicted octanol–water partition coefficient (Wildman–Crippen LogP) is 0.282. The lowest BCUT2D eigenvalue weighted by atomic mass is 9.93. The maximum atomic E-state index is 12.1. The van der Waals surface area contributed by atoms with Gasteiger partial charge in [0.05, 0.1) is 6.04 Å². The molecule has 1 aromatic carbocycles. The van der Waals surface area contributed by atoms with Crippen LogP contribution in [-0.2, 0) is 22.6 Å². The fraction of sp³-hybridized carbons (Fsp3) is 0.385. The van der Waals surface area contributed by atoms with E-state index in [1.165, 1.54) is 4.90 Å². The first-order valence-electron chi connectivity index (χ1n) is 6.01. The van der Waals surface area contributed by atoms with Crippen molar-refractivity contribution in [2.45, 2.75) is 25.0 Å². The zero-order valence-electron chi connectivity index (χ0n) is 10.3. The van der Waals surface area contributed by atoms with Gasteiger partial charge >= 0.3 is 5.97 Å². The summed E-state index contributed by atoms with van der Waals surface area (Å²) in [6, 6.07) is 5.92. The average molecular weight is 280 g/mol. The zero-order chi connectivity index (χ0) is 14.0. The van der Waals surface area contributed by atoms with Gasteiger partial charge < -0.3 is 15.7 Å². The minimum absolute atomic E-state index is 0.198. The van der Waals surface area contributed by atoms with Gasteiger partial charge in [0.1, 0.15) is 6.04 Å². The molecule has 1 amide bonds. The Balaban J connectivity index is 2.31. The summed E-state index contributed by atoms with van der Waals surface area (Å²) in [5.74, 6) is -1.17. The Labute approximate surface area is 116 Å². The van der Waals surface area contributed by atoms with Crippen molar-refractivity contribution in [2.75, 3.05) is 5.75 Å². The van der Waals surface area contributed by atoms with Gasteiger partial charge in [-0.05, 0) is 11.1 Å². The molecule has 0 fully saturated rings. The van der Waals surface area contributed by atoms with Crippen LogP contribution in [0.25, 0.3) is 0 Å². The third-order valence-electron chi connectivity index (χ3n) is 3.33. The van der Waals surface area contributed by atoms with Crippen molar-refractivity contribution in [1.82, 2.24) is 4.90 Å². The van der Waals surface area contributed by atoms with Crippen LogP contribution in [0.1, 0.15) is 11.1 Å². The normalized spacial score (nSPS) is 19.7. The van der Waals surface area contributed by atoms with Crippen molar-refractivity contribution in [2.24, 2.45) is 5.73 Å². The van der Waals surface area contributed by atoms with E-state index in [9.17, 15) is 14.7 Å². The number of carboxylic acids is 1. The average Bonchev–Trinajstić information content (AvgIpc) is 2.44. The van der Waals surface area contributed by atoms with E-state index in [-0.39, 0.29) is 18.2 Å². The van der Waals surface area contributed by atoms with Gasteiger partial charge in [-0.2, -0.15) is 12.6 Å². The van der Waals surface area contributed by atoms with Crippen molar-refractivity contribution in [3.63, 3.8) is 0 Å². The number of aliphatic carboxylic acids is 1. The Morgan fingerprint density at radius 2 is 2.05 bits per heavy atom. The minimum Gasteiger partial charge on any atom is -0.480 e. The first-order chi connectivity index (χ1) is 9.04. The van der Waals surface area contributed by atoms with E-state index in [0.717, 1.165) is 11.1 Å². The van der Waals surface area contributed by atoms with Crippen LogP contribution in [0.15, 0.2) is 24.3 Å². The maximum Gasteiger partial charge on any atom is 0.326 e. The second kappa shape index (κ2) is 5.63. The number of rotatable bonds is 3. The van der Waals surface area contributed by atoms with E-state index in [1.807, 2.05) is 24.3 Å². The molecule has 3 N–H and O–H groups in total. The highest BCUT2D eigenvalue weighted by molar-refractivity contribution is 7.80. The molecule has 0 saturated carbocycles. The number of carboxylic acid groups (broad SMARTS) is 1. The van der Waals surface area contributed by atoms with Gasteiger partial charge in [-0.1, -0.05) is 24.3 Å². The van der Waals surface area contributed by atoms with Crippen LogP contribution in [0.2, 0.25) is 0 Å². The Morgan fingerprint density at radius 1 is 1.42 bits per heavy atom. The molecular weight excluding hydrogens is 264 g/mol. The molecule has 0 saturated heterocycles. The molecule has 1 aromatic rings. The first-order valence-corrected chi connectivity index (χ1v) is 6.64. The monoisotopic (exact) mass is 280 g/mol. The number of hydrogen-bond donors (Lipinski definition) is 3. The molecule has 6 heteroatoms. The highest BCUT2D eigenvalue weighted by atomic mass is 32.1. The molecule has 5 nitrogen and oxygen atoms in total. The SMILES string of the molecule is N[C@@H](CS)C(=O)N1Cc2ccccc2CC1C(=O)O. The van der Waals surface area contributed by atoms with Crippen LogP contribution < -0.4 is 5.73 Å². The maximum absolute atomic E-state index is 12.1. The number of hydrogen-bond acceptors (Lipinski definition) is 4. The number of carbonyl (C=O) groups is 2. The molecule has 1 heterocycles. The van der Waals surface area contributed by atoms with E-state index >= 15 is 0 Å². The van der Waals surface area contributed by atoms with Crippen molar-refractivity contribution >= 4 is 24.5 Å². The van der Waals surface area contributed by atoms with Crippen molar-refractivity contribution in [1.29, 1.82) is 0 Å². The Kier molecular flexibility index (Phi) is 4.11. The molecule has 0 spiro atoms. The number of nitrogens with zero attached hydrogens (tertiary/aromatic N) is 1. The van der Waals surface area contributed by atoms with Crippen molar-refractivity contribution < 1.29 is 14.7 Å². The van der Waals surface area contributed by atoms with E-state index < -0.39 is 18.1 Å². The van der Waals surface area contributed by atoms with Crippen LogP contribution in [0.3, 0.4) is 0 Å². The smallest absolute Gasteiger partial charge is 0.326 e. The molecule has 1 aliphatic heterocycles. The second-order valence-corrected chi connectivity index (χ2v) is 4.95. The minimum atomic E-state index is -1.01. The lowest BCUT2D eigenvalue weighted by Crippen LogP contribution is -2.54. The topological polar surface area (TPSA) is 83.6 Å². The van der Waals surface area contributed by atoms with Crippen LogP contribution >= 0.6 is 12.6 Å². The summed E-state index contributed by atoms with van der Waals surface area (Å²) in [7, 11) is 0. The first kappa shape index (κ1) is 13.9. The quantitative estimate of drug-likeness (QED) is 0.695. The molecule has 102 valence electrons. The van der Waals surface area contributed by atoms with E-state index in [4.69, 9.17) is 5.73 Å². The number of nitrogens with two attached hydrogens (primary N) is 1. The molecule has 0 radical (unpaired) electrons. The van der Waals surface area contributed by atoms with Gasteiger partial charge in [-0.15, -0.1) is 0 Å². The van der Waals surface area contributed by atoms with E-state index in [2.05, 4.69) is 12.6 Å². The summed E-state index contributed by atoms with van der Waals surface area (Å²) in [5, 5.41) is 9.28. The van der Waals surface area contributed by atoms with Crippen LogP contribution in [0.5, 0.6) is 0 Å². The fourth-order valence-electron chi connectivity index (χ4n) is 2.27. The molecular formula is C13H16N2O3S. The second-order valence-electron chi connectivity index (χ2n) is 4.58. The zero-order valence-corrected chi connectivity index (χ0v) is 11.2. The van der Waals surface area contributed by atoms with Crippen LogP contribution in [-0.4, -0.2) is 39.7 Å². The fourth-order valence-corrected chi connectivity index (χ4v) is 2.42. The summed E-state index contributed by atoms with van der Waals surface area (Å²) < 4.78 is 0. The molecule has 1 unspecified atom stereocenters. The summed E-state index contributed by atoms with van der Waals surface area (Å²) >= 11 is 3.99. The predicted molar refractivity (Wildman–Crippen MR) is 73.9 cm³/mol. The van der Waals surface area contributed by atoms with Crippen LogP contribution in [0, 0.1) is 0 Å². The summed E-state index contributed by atoms with van der Waals surface area (Å²) in [5.41, 5.74) is 7.61.